The SMILES string of the molecule is Cc1cc(Cl)ccc1NC(=O)C(=O)NCC1CCCO1. The predicted molar refractivity (Wildman–Crippen MR) is 76.8 cm³/mol. The number of benzene rings is 1. The molecule has 1 fully saturated rings. The molecule has 0 saturated carbocycles. The van der Waals surface area contributed by atoms with Crippen molar-refractivity contribution in [2.75, 3.05) is 18.5 Å². The molecule has 1 aliphatic heterocycles. The lowest BCUT2D eigenvalue weighted by molar-refractivity contribution is -0.136. The molecule has 2 N–H and O–H groups in total. The van der Waals surface area contributed by atoms with Crippen LogP contribution in [0.4, 0.5) is 5.69 Å². The number of anilines is 1. The molecular weight excluding hydrogens is 280 g/mol. The lowest BCUT2D eigenvalue weighted by atomic mass is 10.2. The molecule has 20 heavy (non-hydrogen) atoms. The van der Waals surface area contributed by atoms with Gasteiger partial charge in [-0.1, -0.05) is 11.6 Å². The average Bonchev–Trinajstić information content (AvgIpc) is 2.92. The molecule has 108 valence electrons. The Morgan fingerprint density at radius 2 is 2.20 bits per heavy atom. The number of halogens is 1. The van der Waals surface area contributed by atoms with E-state index in [2.05, 4.69) is 10.6 Å². The zero-order valence-electron chi connectivity index (χ0n) is 11.2. The largest absolute Gasteiger partial charge is 0.376 e. The number of ether oxygens (including phenoxy) is 1. The Labute approximate surface area is 122 Å². The van der Waals surface area contributed by atoms with Gasteiger partial charge < -0.3 is 15.4 Å². The number of carbonyl (C=O) groups is 2. The van der Waals surface area contributed by atoms with E-state index < -0.39 is 11.8 Å². The number of carbonyl (C=O) groups excluding carboxylic acids is 2. The minimum atomic E-state index is -0.687. The third kappa shape index (κ3) is 3.95. The van der Waals surface area contributed by atoms with Gasteiger partial charge in [0.15, 0.2) is 0 Å². The highest BCUT2D eigenvalue weighted by atomic mass is 35.5. The normalized spacial score (nSPS) is 17.8. The van der Waals surface area contributed by atoms with Crippen LogP contribution in [0, 0.1) is 6.92 Å². The second kappa shape index (κ2) is 6.72. The van der Waals surface area contributed by atoms with Crippen LogP contribution in [0.15, 0.2) is 18.2 Å². The van der Waals surface area contributed by atoms with E-state index in [4.69, 9.17) is 16.3 Å². The van der Waals surface area contributed by atoms with E-state index in [0.717, 1.165) is 25.0 Å². The summed E-state index contributed by atoms with van der Waals surface area (Å²) in [4.78, 5) is 23.4. The molecule has 1 aromatic carbocycles. The summed E-state index contributed by atoms with van der Waals surface area (Å²) in [6.07, 6.45) is 1.93. The van der Waals surface area contributed by atoms with Crippen molar-refractivity contribution in [3.05, 3.63) is 28.8 Å². The number of amides is 2. The van der Waals surface area contributed by atoms with Crippen molar-refractivity contribution in [1.82, 2.24) is 5.32 Å². The van der Waals surface area contributed by atoms with Crippen molar-refractivity contribution in [3.63, 3.8) is 0 Å². The summed E-state index contributed by atoms with van der Waals surface area (Å²) in [5.41, 5.74) is 1.38. The summed E-state index contributed by atoms with van der Waals surface area (Å²) in [5, 5.41) is 5.72. The highest BCUT2D eigenvalue weighted by Gasteiger charge is 2.19. The van der Waals surface area contributed by atoms with Gasteiger partial charge in [-0.05, 0) is 43.5 Å². The lowest BCUT2D eigenvalue weighted by Crippen LogP contribution is -2.39. The van der Waals surface area contributed by atoms with Gasteiger partial charge in [0.1, 0.15) is 0 Å². The Bertz CT molecular complexity index is 513. The van der Waals surface area contributed by atoms with Crippen LogP contribution in [0.5, 0.6) is 0 Å². The van der Waals surface area contributed by atoms with E-state index >= 15 is 0 Å². The van der Waals surface area contributed by atoms with Crippen LogP contribution in [0.1, 0.15) is 18.4 Å². The summed E-state index contributed by atoms with van der Waals surface area (Å²) < 4.78 is 5.37. The Morgan fingerprint density at radius 3 is 2.85 bits per heavy atom. The van der Waals surface area contributed by atoms with Crippen LogP contribution in [-0.2, 0) is 14.3 Å². The molecular formula is C14H17ClN2O3. The van der Waals surface area contributed by atoms with Crippen LogP contribution in [0.25, 0.3) is 0 Å². The summed E-state index contributed by atoms with van der Waals surface area (Å²) in [5.74, 6) is -1.34. The highest BCUT2D eigenvalue weighted by molar-refractivity contribution is 6.39. The van der Waals surface area contributed by atoms with Gasteiger partial charge >= 0.3 is 11.8 Å². The van der Waals surface area contributed by atoms with E-state index in [-0.39, 0.29) is 6.10 Å². The Kier molecular flexibility index (Phi) is 4.98. The monoisotopic (exact) mass is 296 g/mol. The number of rotatable bonds is 3. The quantitative estimate of drug-likeness (QED) is 0.837. The Morgan fingerprint density at radius 1 is 1.40 bits per heavy atom. The van der Waals surface area contributed by atoms with Gasteiger partial charge in [0.05, 0.1) is 6.10 Å². The van der Waals surface area contributed by atoms with Gasteiger partial charge in [-0.15, -0.1) is 0 Å². The lowest BCUT2D eigenvalue weighted by Gasteiger charge is -2.11. The van der Waals surface area contributed by atoms with E-state index in [0.29, 0.717) is 17.3 Å². The molecule has 5 nitrogen and oxygen atoms in total. The first-order chi connectivity index (χ1) is 9.56. The van der Waals surface area contributed by atoms with Gasteiger partial charge in [-0.2, -0.15) is 0 Å². The van der Waals surface area contributed by atoms with Crippen LogP contribution in [0.3, 0.4) is 0 Å². The van der Waals surface area contributed by atoms with Crippen LogP contribution >= 0.6 is 11.6 Å². The average molecular weight is 297 g/mol. The predicted octanol–water partition coefficient (Wildman–Crippen LogP) is 1.88. The van der Waals surface area contributed by atoms with Crippen LogP contribution in [0.2, 0.25) is 5.02 Å². The third-order valence-electron chi connectivity index (χ3n) is 3.16. The van der Waals surface area contributed by atoms with Crippen molar-refractivity contribution in [2.24, 2.45) is 0 Å². The number of hydrogen-bond donors (Lipinski definition) is 2. The van der Waals surface area contributed by atoms with Crippen molar-refractivity contribution >= 4 is 29.1 Å². The molecule has 2 amide bonds. The molecule has 1 heterocycles. The molecule has 1 unspecified atom stereocenters. The molecule has 0 aromatic heterocycles. The van der Waals surface area contributed by atoms with Gasteiger partial charge in [0, 0.05) is 23.9 Å². The molecule has 1 saturated heterocycles. The summed E-state index contributed by atoms with van der Waals surface area (Å²) >= 11 is 5.83. The maximum absolute atomic E-state index is 11.8. The third-order valence-corrected chi connectivity index (χ3v) is 3.39. The van der Waals surface area contributed by atoms with Gasteiger partial charge in [-0.25, -0.2) is 0 Å². The fourth-order valence-corrected chi connectivity index (χ4v) is 2.27. The number of nitrogens with one attached hydrogen (secondary N) is 2. The number of aryl methyl sites for hydroxylation is 1. The van der Waals surface area contributed by atoms with E-state index in [1.54, 1.807) is 18.2 Å². The van der Waals surface area contributed by atoms with Gasteiger partial charge in [0.25, 0.3) is 0 Å². The second-order valence-corrected chi connectivity index (χ2v) is 5.19. The molecule has 1 aromatic rings. The molecule has 0 spiro atoms. The Hall–Kier alpha value is -1.59. The van der Waals surface area contributed by atoms with Crippen molar-refractivity contribution in [3.8, 4) is 0 Å². The van der Waals surface area contributed by atoms with Crippen molar-refractivity contribution in [1.29, 1.82) is 0 Å². The van der Waals surface area contributed by atoms with Crippen molar-refractivity contribution in [2.45, 2.75) is 25.9 Å². The fraction of sp³-hybridized carbons (Fsp3) is 0.429. The van der Waals surface area contributed by atoms with Gasteiger partial charge in [-0.3, -0.25) is 9.59 Å². The first-order valence-corrected chi connectivity index (χ1v) is 6.91. The standard InChI is InChI=1S/C14H17ClN2O3/c1-9-7-10(15)4-5-12(9)17-14(19)13(18)16-8-11-3-2-6-20-11/h4-5,7,11H,2-3,6,8H2,1H3,(H,16,18)(H,17,19). The Balaban J connectivity index is 1.85. The summed E-state index contributed by atoms with van der Waals surface area (Å²) in [7, 11) is 0. The zero-order chi connectivity index (χ0) is 14.5. The van der Waals surface area contributed by atoms with Crippen molar-refractivity contribution < 1.29 is 14.3 Å². The van der Waals surface area contributed by atoms with Crippen LogP contribution < -0.4 is 10.6 Å². The molecule has 6 heteroatoms. The molecule has 0 bridgehead atoms. The second-order valence-electron chi connectivity index (χ2n) is 4.76. The fourth-order valence-electron chi connectivity index (χ4n) is 2.04. The molecule has 1 atom stereocenters. The molecule has 1 aliphatic rings. The van der Waals surface area contributed by atoms with Crippen LogP contribution in [-0.4, -0.2) is 31.1 Å². The first-order valence-electron chi connectivity index (χ1n) is 6.53. The van der Waals surface area contributed by atoms with E-state index in [9.17, 15) is 9.59 Å². The van der Waals surface area contributed by atoms with E-state index in [1.165, 1.54) is 0 Å². The summed E-state index contributed by atoms with van der Waals surface area (Å²) in [6, 6.07) is 5.05. The minimum Gasteiger partial charge on any atom is -0.376 e. The highest BCUT2D eigenvalue weighted by Crippen LogP contribution is 2.19. The zero-order valence-corrected chi connectivity index (χ0v) is 12.0. The first kappa shape index (κ1) is 14.8. The van der Waals surface area contributed by atoms with Gasteiger partial charge in [0.2, 0.25) is 0 Å². The molecule has 0 aliphatic carbocycles. The molecule has 0 radical (unpaired) electrons. The maximum Gasteiger partial charge on any atom is 0.313 e. The molecule has 2 rings (SSSR count). The number of hydrogen-bond acceptors (Lipinski definition) is 3. The minimum absolute atomic E-state index is 0.0176. The smallest absolute Gasteiger partial charge is 0.313 e. The van der Waals surface area contributed by atoms with E-state index in [1.807, 2.05) is 6.92 Å². The maximum atomic E-state index is 11.8. The summed E-state index contributed by atoms with van der Waals surface area (Å²) in [6.45, 7) is 2.90. The topological polar surface area (TPSA) is 67.4 Å².